The summed E-state index contributed by atoms with van der Waals surface area (Å²) in [5.74, 6) is 0. The molecule has 2 atom stereocenters. The lowest BCUT2D eigenvalue weighted by atomic mass is 10.0. The Hall–Kier alpha value is -0.860. The molecule has 14 heavy (non-hydrogen) atoms. The first kappa shape index (κ1) is 9.69. The van der Waals surface area contributed by atoms with Crippen molar-refractivity contribution in [3.05, 3.63) is 35.4 Å². The number of hydrogen-bond donors (Lipinski definition) is 2. The van der Waals surface area contributed by atoms with Crippen molar-refractivity contribution < 1.29 is 5.11 Å². The number of rotatable bonds is 2. The van der Waals surface area contributed by atoms with Gasteiger partial charge in [-0.05, 0) is 30.9 Å². The van der Waals surface area contributed by atoms with Crippen LogP contribution in [0.25, 0.3) is 0 Å². The summed E-state index contributed by atoms with van der Waals surface area (Å²) in [5.41, 5.74) is 2.71. The summed E-state index contributed by atoms with van der Waals surface area (Å²) < 4.78 is 0. The van der Waals surface area contributed by atoms with Crippen LogP contribution in [-0.4, -0.2) is 17.8 Å². The van der Waals surface area contributed by atoms with Crippen LogP contribution < -0.4 is 5.32 Å². The van der Waals surface area contributed by atoms with Gasteiger partial charge in [0.2, 0.25) is 0 Å². The molecule has 2 rings (SSSR count). The summed E-state index contributed by atoms with van der Waals surface area (Å²) in [4.78, 5) is 0. The van der Waals surface area contributed by atoms with Crippen LogP contribution in [0.15, 0.2) is 24.3 Å². The average Bonchev–Trinajstić information content (AvgIpc) is 2.67. The van der Waals surface area contributed by atoms with E-state index in [0.717, 1.165) is 12.8 Å². The molecule has 1 heterocycles. The highest BCUT2D eigenvalue weighted by molar-refractivity contribution is 5.29. The number of hydrogen-bond acceptors (Lipinski definition) is 2. The molecule has 1 aromatic carbocycles. The third-order valence-electron chi connectivity index (χ3n) is 3.02. The van der Waals surface area contributed by atoms with Crippen LogP contribution in [0.3, 0.4) is 0 Å². The van der Waals surface area contributed by atoms with Gasteiger partial charge in [0.25, 0.3) is 0 Å². The van der Waals surface area contributed by atoms with E-state index in [1.165, 1.54) is 11.1 Å². The number of benzene rings is 1. The fourth-order valence-electron chi connectivity index (χ4n) is 2.19. The number of nitrogens with one attached hydrogen (secondary N) is 1. The van der Waals surface area contributed by atoms with Gasteiger partial charge < -0.3 is 10.4 Å². The van der Waals surface area contributed by atoms with Crippen molar-refractivity contribution in [1.29, 1.82) is 0 Å². The molecule has 0 spiro atoms. The summed E-state index contributed by atoms with van der Waals surface area (Å²) in [6.45, 7) is 2.39. The Morgan fingerprint density at radius 2 is 2.14 bits per heavy atom. The lowest BCUT2D eigenvalue weighted by Gasteiger charge is -2.15. The molecule has 0 aliphatic carbocycles. The van der Waals surface area contributed by atoms with E-state index in [4.69, 9.17) is 5.11 Å². The van der Waals surface area contributed by atoms with Crippen molar-refractivity contribution in [2.75, 3.05) is 6.61 Å². The zero-order chi connectivity index (χ0) is 9.97. The first-order chi connectivity index (χ1) is 6.81. The second kappa shape index (κ2) is 4.11. The molecule has 1 fully saturated rings. The fraction of sp³-hybridized carbons (Fsp3) is 0.500. The lowest BCUT2D eigenvalue weighted by molar-refractivity contribution is 0.251. The van der Waals surface area contributed by atoms with Crippen molar-refractivity contribution in [3.63, 3.8) is 0 Å². The number of aliphatic hydroxyl groups is 1. The number of aliphatic hydroxyl groups excluding tert-OH is 1. The van der Waals surface area contributed by atoms with Gasteiger partial charge in [0.15, 0.2) is 0 Å². The van der Waals surface area contributed by atoms with Crippen molar-refractivity contribution in [2.24, 2.45) is 0 Å². The van der Waals surface area contributed by atoms with Gasteiger partial charge in [0, 0.05) is 12.1 Å². The molecule has 2 N–H and O–H groups in total. The Morgan fingerprint density at radius 3 is 2.79 bits per heavy atom. The highest BCUT2D eigenvalue weighted by atomic mass is 16.3. The number of aryl methyl sites for hydroxylation is 1. The Bertz CT molecular complexity index is 311. The SMILES string of the molecule is Cc1ccccc1[C@H]1CC[C@H](CO)N1. The maximum Gasteiger partial charge on any atom is 0.0584 e. The molecule has 0 amide bonds. The van der Waals surface area contributed by atoms with Crippen molar-refractivity contribution >= 4 is 0 Å². The van der Waals surface area contributed by atoms with E-state index >= 15 is 0 Å². The van der Waals surface area contributed by atoms with Gasteiger partial charge in [0.1, 0.15) is 0 Å². The van der Waals surface area contributed by atoms with E-state index in [2.05, 4.69) is 36.5 Å². The van der Waals surface area contributed by atoms with Crippen LogP contribution in [0.2, 0.25) is 0 Å². The van der Waals surface area contributed by atoms with Crippen LogP contribution in [0, 0.1) is 6.92 Å². The fourth-order valence-corrected chi connectivity index (χ4v) is 2.19. The van der Waals surface area contributed by atoms with Crippen molar-refractivity contribution in [1.82, 2.24) is 5.32 Å². The van der Waals surface area contributed by atoms with Crippen LogP contribution in [0.1, 0.15) is 30.0 Å². The Kier molecular flexibility index (Phi) is 2.85. The molecule has 76 valence electrons. The molecule has 1 aliphatic heterocycles. The second-order valence-electron chi connectivity index (χ2n) is 4.03. The first-order valence-corrected chi connectivity index (χ1v) is 5.23. The normalized spacial score (nSPS) is 26.7. The van der Waals surface area contributed by atoms with Gasteiger partial charge in [0.05, 0.1) is 6.61 Å². The molecule has 0 saturated carbocycles. The smallest absolute Gasteiger partial charge is 0.0584 e. The quantitative estimate of drug-likeness (QED) is 0.747. The Balaban J connectivity index is 2.13. The molecular weight excluding hydrogens is 174 g/mol. The van der Waals surface area contributed by atoms with Crippen LogP contribution in [0.4, 0.5) is 0 Å². The van der Waals surface area contributed by atoms with Crippen LogP contribution in [0.5, 0.6) is 0 Å². The Labute approximate surface area is 85.0 Å². The summed E-state index contributed by atoms with van der Waals surface area (Å²) in [7, 11) is 0. The van der Waals surface area contributed by atoms with Gasteiger partial charge >= 0.3 is 0 Å². The molecular formula is C12H17NO. The minimum Gasteiger partial charge on any atom is -0.395 e. The molecule has 1 saturated heterocycles. The highest BCUT2D eigenvalue weighted by Gasteiger charge is 2.24. The summed E-state index contributed by atoms with van der Waals surface area (Å²) in [6, 6.07) is 9.19. The predicted octanol–water partition coefficient (Wildman–Crippen LogP) is 1.78. The van der Waals surface area contributed by atoms with Gasteiger partial charge in [-0.1, -0.05) is 24.3 Å². The van der Waals surface area contributed by atoms with Crippen LogP contribution >= 0.6 is 0 Å². The van der Waals surface area contributed by atoms with E-state index < -0.39 is 0 Å². The summed E-state index contributed by atoms with van der Waals surface area (Å²) in [5, 5.41) is 12.5. The van der Waals surface area contributed by atoms with E-state index in [1.54, 1.807) is 0 Å². The van der Waals surface area contributed by atoms with E-state index in [-0.39, 0.29) is 6.61 Å². The van der Waals surface area contributed by atoms with E-state index in [0.29, 0.717) is 12.1 Å². The molecule has 0 radical (unpaired) electrons. The summed E-state index contributed by atoms with van der Waals surface area (Å²) >= 11 is 0. The van der Waals surface area contributed by atoms with E-state index in [1.807, 2.05) is 0 Å². The zero-order valence-corrected chi connectivity index (χ0v) is 8.53. The van der Waals surface area contributed by atoms with Gasteiger partial charge in [-0.2, -0.15) is 0 Å². The predicted molar refractivity (Wildman–Crippen MR) is 57.2 cm³/mol. The van der Waals surface area contributed by atoms with E-state index in [9.17, 15) is 0 Å². The molecule has 0 unspecified atom stereocenters. The highest BCUT2D eigenvalue weighted by Crippen LogP contribution is 2.28. The third kappa shape index (κ3) is 1.81. The van der Waals surface area contributed by atoms with Gasteiger partial charge in [-0.15, -0.1) is 0 Å². The van der Waals surface area contributed by atoms with Crippen molar-refractivity contribution in [2.45, 2.75) is 31.8 Å². The molecule has 0 aromatic heterocycles. The van der Waals surface area contributed by atoms with Crippen molar-refractivity contribution in [3.8, 4) is 0 Å². The lowest BCUT2D eigenvalue weighted by Crippen LogP contribution is -2.27. The molecule has 1 aliphatic rings. The first-order valence-electron chi connectivity index (χ1n) is 5.23. The summed E-state index contributed by atoms with van der Waals surface area (Å²) in [6.07, 6.45) is 2.21. The second-order valence-corrected chi connectivity index (χ2v) is 4.03. The average molecular weight is 191 g/mol. The third-order valence-corrected chi connectivity index (χ3v) is 3.02. The zero-order valence-electron chi connectivity index (χ0n) is 8.53. The van der Waals surface area contributed by atoms with Crippen LogP contribution in [-0.2, 0) is 0 Å². The molecule has 2 heteroatoms. The molecule has 1 aromatic rings. The molecule has 2 nitrogen and oxygen atoms in total. The standard InChI is InChI=1S/C12H17NO/c1-9-4-2-3-5-11(9)12-7-6-10(8-14)13-12/h2-5,10,12-14H,6-8H2,1H3/t10-,12-/m1/s1. The largest absolute Gasteiger partial charge is 0.395 e. The minimum atomic E-state index is 0.252. The molecule has 0 bridgehead atoms. The minimum absolute atomic E-state index is 0.252. The maximum absolute atomic E-state index is 9.04. The topological polar surface area (TPSA) is 32.3 Å². The Morgan fingerprint density at radius 1 is 1.36 bits per heavy atom. The van der Waals surface area contributed by atoms with Gasteiger partial charge in [-0.25, -0.2) is 0 Å². The van der Waals surface area contributed by atoms with Gasteiger partial charge in [-0.3, -0.25) is 0 Å². The monoisotopic (exact) mass is 191 g/mol. The maximum atomic E-state index is 9.04.